The maximum atomic E-state index is 8.62. The number of aromatic nitrogens is 1. The molecule has 84 valence electrons. The first-order valence-corrected chi connectivity index (χ1v) is 5.97. The average molecular weight is 235 g/mol. The molecule has 4 heteroatoms. The van der Waals surface area contributed by atoms with Crippen LogP contribution in [0.4, 0.5) is 0 Å². The van der Waals surface area contributed by atoms with Gasteiger partial charge in [-0.05, 0) is 17.7 Å². The van der Waals surface area contributed by atoms with Crippen LogP contribution in [0.2, 0.25) is 0 Å². The van der Waals surface area contributed by atoms with Gasteiger partial charge in [0.15, 0.2) is 0 Å². The highest BCUT2D eigenvalue weighted by Gasteiger charge is 1.99. The first-order valence-electron chi connectivity index (χ1n) is 5.09. The molecule has 1 N–H and O–H groups in total. The molecule has 0 atom stereocenters. The Kier molecular flexibility index (Phi) is 3.91. The zero-order chi connectivity index (χ0) is 11.2. The molecule has 0 fully saturated rings. The van der Waals surface area contributed by atoms with E-state index in [2.05, 4.69) is 4.98 Å². The third-order valence-corrected chi connectivity index (χ3v) is 2.90. The van der Waals surface area contributed by atoms with Gasteiger partial charge in [0.2, 0.25) is 0 Å². The van der Waals surface area contributed by atoms with E-state index in [9.17, 15) is 0 Å². The first kappa shape index (κ1) is 11.1. The summed E-state index contributed by atoms with van der Waals surface area (Å²) in [6, 6.07) is 7.87. The van der Waals surface area contributed by atoms with Crippen molar-refractivity contribution < 1.29 is 9.84 Å². The van der Waals surface area contributed by atoms with Crippen LogP contribution in [0.15, 0.2) is 35.8 Å². The Morgan fingerprint density at radius 1 is 1.25 bits per heavy atom. The summed E-state index contributed by atoms with van der Waals surface area (Å²) in [5.41, 5.74) is 1.21. The molecule has 0 aliphatic heterocycles. The molecule has 0 spiro atoms. The summed E-state index contributed by atoms with van der Waals surface area (Å²) < 4.78 is 5.28. The van der Waals surface area contributed by atoms with E-state index in [4.69, 9.17) is 9.84 Å². The minimum absolute atomic E-state index is 0.0425. The van der Waals surface area contributed by atoms with Crippen LogP contribution in [-0.4, -0.2) is 23.3 Å². The first-order chi connectivity index (χ1) is 7.88. The number of nitrogens with zero attached hydrogens (tertiary/aromatic N) is 1. The number of rotatable bonds is 5. The van der Waals surface area contributed by atoms with Crippen LogP contribution in [0.5, 0.6) is 5.75 Å². The molecule has 0 saturated heterocycles. The molecule has 1 aromatic heterocycles. The van der Waals surface area contributed by atoms with Crippen molar-refractivity contribution in [3.63, 3.8) is 0 Å². The lowest BCUT2D eigenvalue weighted by molar-refractivity contribution is 0.201. The molecule has 1 aromatic carbocycles. The summed E-state index contributed by atoms with van der Waals surface area (Å²) in [5, 5.41) is 11.7. The Hall–Kier alpha value is -1.39. The SMILES string of the molecule is OCCOc1ccc(Cc2nccs2)cc1. The minimum atomic E-state index is 0.0425. The standard InChI is InChI=1S/C12H13NO2S/c14-6-7-15-11-3-1-10(2-4-11)9-12-13-5-8-16-12/h1-5,8,14H,6-7,9H2. The van der Waals surface area contributed by atoms with Gasteiger partial charge in [-0.1, -0.05) is 12.1 Å². The summed E-state index contributed by atoms with van der Waals surface area (Å²) in [5.74, 6) is 0.789. The van der Waals surface area contributed by atoms with Gasteiger partial charge in [-0.3, -0.25) is 0 Å². The van der Waals surface area contributed by atoms with Crippen molar-refractivity contribution in [2.24, 2.45) is 0 Å². The van der Waals surface area contributed by atoms with Crippen LogP contribution in [0, 0.1) is 0 Å². The Labute approximate surface area is 98.4 Å². The van der Waals surface area contributed by atoms with E-state index in [1.54, 1.807) is 11.3 Å². The van der Waals surface area contributed by atoms with E-state index in [0.717, 1.165) is 17.2 Å². The van der Waals surface area contributed by atoms with E-state index in [1.165, 1.54) is 5.56 Å². The van der Waals surface area contributed by atoms with Crippen molar-refractivity contribution in [1.29, 1.82) is 0 Å². The largest absolute Gasteiger partial charge is 0.491 e. The third-order valence-electron chi connectivity index (χ3n) is 2.12. The molecule has 0 radical (unpaired) electrons. The fraction of sp³-hybridized carbons (Fsp3) is 0.250. The second-order valence-corrected chi connectivity index (χ2v) is 4.30. The second-order valence-electron chi connectivity index (χ2n) is 3.32. The van der Waals surface area contributed by atoms with E-state index >= 15 is 0 Å². The fourth-order valence-corrected chi connectivity index (χ4v) is 2.03. The highest BCUT2D eigenvalue weighted by Crippen LogP contribution is 2.16. The van der Waals surface area contributed by atoms with Crippen molar-refractivity contribution in [3.05, 3.63) is 46.4 Å². The lowest BCUT2D eigenvalue weighted by atomic mass is 10.1. The Bertz CT molecular complexity index is 411. The number of aliphatic hydroxyl groups excluding tert-OH is 1. The molecule has 2 rings (SSSR count). The number of aliphatic hydroxyl groups is 1. The average Bonchev–Trinajstić information content (AvgIpc) is 2.81. The highest BCUT2D eigenvalue weighted by atomic mass is 32.1. The van der Waals surface area contributed by atoms with E-state index < -0.39 is 0 Å². The third kappa shape index (κ3) is 3.05. The molecule has 1 heterocycles. The molecular formula is C12H13NO2S. The summed E-state index contributed by atoms with van der Waals surface area (Å²) in [6.45, 7) is 0.382. The zero-order valence-electron chi connectivity index (χ0n) is 8.80. The summed E-state index contributed by atoms with van der Waals surface area (Å²) in [6.07, 6.45) is 2.68. The van der Waals surface area contributed by atoms with Crippen LogP contribution in [0.1, 0.15) is 10.6 Å². The molecule has 3 nitrogen and oxygen atoms in total. The van der Waals surface area contributed by atoms with Gasteiger partial charge in [0.05, 0.1) is 11.6 Å². The maximum Gasteiger partial charge on any atom is 0.119 e. The lowest BCUT2D eigenvalue weighted by Crippen LogP contribution is -2.01. The predicted molar refractivity (Wildman–Crippen MR) is 63.9 cm³/mol. The molecule has 16 heavy (non-hydrogen) atoms. The van der Waals surface area contributed by atoms with Gasteiger partial charge in [-0.2, -0.15) is 0 Å². The smallest absolute Gasteiger partial charge is 0.119 e. The maximum absolute atomic E-state index is 8.62. The molecule has 0 aliphatic rings. The summed E-state index contributed by atoms with van der Waals surface area (Å²) in [7, 11) is 0. The number of hydrogen-bond acceptors (Lipinski definition) is 4. The van der Waals surface area contributed by atoms with Gasteiger partial charge in [-0.25, -0.2) is 4.98 Å². The molecule has 0 aliphatic carbocycles. The van der Waals surface area contributed by atoms with Gasteiger partial charge < -0.3 is 9.84 Å². The monoisotopic (exact) mass is 235 g/mol. The lowest BCUT2D eigenvalue weighted by Gasteiger charge is -2.04. The Morgan fingerprint density at radius 3 is 2.69 bits per heavy atom. The van der Waals surface area contributed by atoms with Crippen molar-refractivity contribution >= 4 is 11.3 Å². The van der Waals surface area contributed by atoms with Crippen LogP contribution < -0.4 is 4.74 Å². The van der Waals surface area contributed by atoms with Crippen LogP contribution >= 0.6 is 11.3 Å². The number of ether oxygens (including phenoxy) is 1. The second kappa shape index (κ2) is 5.63. The topological polar surface area (TPSA) is 42.4 Å². The van der Waals surface area contributed by atoms with Crippen molar-refractivity contribution in [1.82, 2.24) is 4.98 Å². The zero-order valence-corrected chi connectivity index (χ0v) is 9.61. The van der Waals surface area contributed by atoms with Crippen molar-refractivity contribution in [2.45, 2.75) is 6.42 Å². The quantitative estimate of drug-likeness (QED) is 0.863. The van der Waals surface area contributed by atoms with Gasteiger partial charge in [-0.15, -0.1) is 11.3 Å². The summed E-state index contributed by atoms with van der Waals surface area (Å²) in [4.78, 5) is 4.24. The van der Waals surface area contributed by atoms with Gasteiger partial charge in [0.1, 0.15) is 12.4 Å². The number of thiazole rings is 1. The number of benzene rings is 1. The van der Waals surface area contributed by atoms with Gasteiger partial charge >= 0.3 is 0 Å². The van der Waals surface area contributed by atoms with Crippen molar-refractivity contribution in [3.8, 4) is 5.75 Å². The van der Waals surface area contributed by atoms with Crippen LogP contribution in [0.25, 0.3) is 0 Å². The van der Waals surface area contributed by atoms with Gasteiger partial charge in [0.25, 0.3) is 0 Å². The molecular weight excluding hydrogens is 222 g/mol. The van der Waals surface area contributed by atoms with E-state index in [0.29, 0.717) is 6.61 Å². The Balaban J connectivity index is 1.96. The highest BCUT2D eigenvalue weighted by molar-refractivity contribution is 7.09. The fourth-order valence-electron chi connectivity index (χ4n) is 1.38. The van der Waals surface area contributed by atoms with Crippen molar-refractivity contribution in [2.75, 3.05) is 13.2 Å². The Morgan fingerprint density at radius 2 is 2.06 bits per heavy atom. The van der Waals surface area contributed by atoms with E-state index in [-0.39, 0.29) is 6.61 Å². The number of hydrogen-bond donors (Lipinski definition) is 1. The molecule has 0 saturated carbocycles. The molecule has 0 amide bonds. The molecule has 0 bridgehead atoms. The predicted octanol–water partition coefficient (Wildman–Crippen LogP) is 2.10. The van der Waals surface area contributed by atoms with Crippen LogP contribution in [-0.2, 0) is 6.42 Å². The summed E-state index contributed by atoms with van der Waals surface area (Å²) >= 11 is 1.66. The molecule has 0 unspecified atom stereocenters. The van der Waals surface area contributed by atoms with Gasteiger partial charge in [0, 0.05) is 18.0 Å². The van der Waals surface area contributed by atoms with E-state index in [1.807, 2.05) is 35.8 Å². The molecule has 2 aromatic rings. The normalized spacial score (nSPS) is 10.3. The minimum Gasteiger partial charge on any atom is -0.491 e. The van der Waals surface area contributed by atoms with Crippen LogP contribution in [0.3, 0.4) is 0 Å².